The summed E-state index contributed by atoms with van der Waals surface area (Å²) in [6.45, 7) is 3.69. The lowest BCUT2D eigenvalue weighted by molar-refractivity contribution is -0.0387. The normalized spacial score (nSPS) is 19.2. The summed E-state index contributed by atoms with van der Waals surface area (Å²) in [5.74, 6) is 0. The second-order valence-corrected chi connectivity index (χ2v) is 3.71. The molecule has 68 valence electrons. The van der Waals surface area contributed by atoms with Crippen LogP contribution in [0.5, 0.6) is 0 Å². The van der Waals surface area contributed by atoms with Gasteiger partial charge in [-0.1, -0.05) is 36.9 Å². The molecule has 0 saturated heterocycles. The summed E-state index contributed by atoms with van der Waals surface area (Å²) in [7, 11) is 0. The van der Waals surface area contributed by atoms with Crippen molar-refractivity contribution in [2.45, 2.75) is 24.9 Å². The van der Waals surface area contributed by atoms with Crippen LogP contribution >= 0.6 is 0 Å². The van der Waals surface area contributed by atoms with E-state index in [1.807, 2.05) is 30.3 Å². The monoisotopic (exact) mass is 174 g/mol. The van der Waals surface area contributed by atoms with E-state index in [9.17, 15) is 5.11 Å². The van der Waals surface area contributed by atoms with Crippen LogP contribution in [-0.2, 0) is 5.60 Å². The van der Waals surface area contributed by atoms with Crippen molar-refractivity contribution in [3.63, 3.8) is 0 Å². The molecule has 0 bridgehead atoms. The zero-order chi connectivity index (χ0) is 9.31. The molecule has 1 heteroatoms. The van der Waals surface area contributed by atoms with E-state index in [1.165, 1.54) is 0 Å². The average molecular weight is 174 g/mol. The first-order chi connectivity index (χ1) is 6.24. The van der Waals surface area contributed by atoms with E-state index < -0.39 is 5.60 Å². The van der Waals surface area contributed by atoms with Gasteiger partial charge in [-0.3, -0.25) is 0 Å². The molecule has 0 heterocycles. The van der Waals surface area contributed by atoms with Gasteiger partial charge in [-0.2, -0.15) is 0 Å². The van der Waals surface area contributed by atoms with Gasteiger partial charge in [-0.05, 0) is 30.4 Å². The molecule has 1 aliphatic carbocycles. The van der Waals surface area contributed by atoms with E-state index in [0.29, 0.717) is 0 Å². The van der Waals surface area contributed by atoms with Crippen molar-refractivity contribution in [3.05, 3.63) is 42.0 Å². The highest BCUT2D eigenvalue weighted by molar-refractivity contribution is 5.47. The maximum absolute atomic E-state index is 10.0. The number of hydrogen-bond acceptors (Lipinski definition) is 1. The van der Waals surface area contributed by atoms with Crippen LogP contribution in [0.15, 0.2) is 30.8 Å². The van der Waals surface area contributed by atoms with E-state index >= 15 is 0 Å². The lowest BCUT2D eigenvalue weighted by Gasteiger charge is -2.37. The van der Waals surface area contributed by atoms with E-state index in [1.54, 1.807) is 0 Å². The van der Waals surface area contributed by atoms with Crippen LogP contribution in [0.25, 0.3) is 6.08 Å². The molecule has 1 nitrogen and oxygen atoms in total. The minimum absolute atomic E-state index is 0.528. The first kappa shape index (κ1) is 8.52. The third-order valence-electron chi connectivity index (χ3n) is 2.86. The highest BCUT2D eigenvalue weighted by atomic mass is 16.3. The lowest BCUT2D eigenvalue weighted by Crippen LogP contribution is -2.33. The molecule has 1 aliphatic rings. The van der Waals surface area contributed by atoms with Gasteiger partial charge in [0.25, 0.3) is 0 Å². The van der Waals surface area contributed by atoms with Gasteiger partial charge in [-0.25, -0.2) is 0 Å². The minimum atomic E-state index is -0.528. The second-order valence-electron chi connectivity index (χ2n) is 3.71. The lowest BCUT2D eigenvalue weighted by atomic mass is 9.75. The van der Waals surface area contributed by atoms with E-state index in [-0.39, 0.29) is 0 Å². The number of hydrogen-bond donors (Lipinski definition) is 1. The van der Waals surface area contributed by atoms with Crippen LogP contribution in [-0.4, -0.2) is 5.11 Å². The Morgan fingerprint density at radius 3 is 2.23 bits per heavy atom. The molecule has 0 amide bonds. The van der Waals surface area contributed by atoms with Crippen molar-refractivity contribution >= 4 is 6.08 Å². The summed E-state index contributed by atoms with van der Waals surface area (Å²) in [5, 5.41) is 10.0. The fourth-order valence-electron chi connectivity index (χ4n) is 1.73. The first-order valence-electron chi connectivity index (χ1n) is 4.70. The van der Waals surface area contributed by atoms with Gasteiger partial charge >= 0.3 is 0 Å². The van der Waals surface area contributed by atoms with Crippen LogP contribution in [0.4, 0.5) is 0 Å². The number of benzene rings is 1. The fourth-order valence-corrected chi connectivity index (χ4v) is 1.73. The third-order valence-corrected chi connectivity index (χ3v) is 2.86. The molecule has 0 spiro atoms. The van der Waals surface area contributed by atoms with Crippen LogP contribution in [0, 0.1) is 0 Å². The van der Waals surface area contributed by atoms with Crippen molar-refractivity contribution < 1.29 is 5.11 Å². The number of aliphatic hydroxyl groups is 1. The Kier molecular flexibility index (Phi) is 1.97. The summed E-state index contributed by atoms with van der Waals surface area (Å²) < 4.78 is 0. The maximum Gasteiger partial charge on any atom is 0.0896 e. The minimum Gasteiger partial charge on any atom is -0.385 e. The van der Waals surface area contributed by atoms with Crippen molar-refractivity contribution in [1.29, 1.82) is 0 Å². The highest BCUT2D eigenvalue weighted by Crippen LogP contribution is 2.40. The molecule has 1 aromatic carbocycles. The van der Waals surface area contributed by atoms with E-state index in [4.69, 9.17) is 0 Å². The Balaban J connectivity index is 2.27. The fraction of sp³-hybridized carbons (Fsp3) is 0.333. The van der Waals surface area contributed by atoms with E-state index in [2.05, 4.69) is 6.58 Å². The molecule has 13 heavy (non-hydrogen) atoms. The molecular weight excluding hydrogens is 160 g/mol. The zero-order valence-electron chi connectivity index (χ0n) is 7.66. The van der Waals surface area contributed by atoms with Crippen LogP contribution in [0.3, 0.4) is 0 Å². The van der Waals surface area contributed by atoms with Crippen molar-refractivity contribution in [3.8, 4) is 0 Å². The molecule has 0 radical (unpaired) electrons. The summed E-state index contributed by atoms with van der Waals surface area (Å²) in [6.07, 6.45) is 4.76. The molecule has 2 rings (SSSR count). The number of rotatable bonds is 2. The van der Waals surface area contributed by atoms with Crippen LogP contribution in [0.2, 0.25) is 0 Å². The molecule has 1 N–H and O–H groups in total. The quantitative estimate of drug-likeness (QED) is 0.730. The summed E-state index contributed by atoms with van der Waals surface area (Å²) >= 11 is 0. The van der Waals surface area contributed by atoms with Gasteiger partial charge in [0, 0.05) is 0 Å². The van der Waals surface area contributed by atoms with Gasteiger partial charge in [0.05, 0.1) is 5.60 Å². The molecule has 0 aromatic heterocycles. The SMILES string of the molecule is C=Cc1ccc(C2(O)CCC2)cc1. The Labute approximate surface area is 78.7 Å². The smallest absolute Gasteiger partial charge is 0.0896 e. The first-order valence-corrected chi connectivity index (χ1v) is 4.70. The van der Waals surface area contributed by atoms with E-state index in [0.717, 1.165) is 30.4 Å². The highest BCUT2D eigenvalue weighted by Gasteiger charge is 2.35. The maximum atomic E-state index is 10.0. The van der Waals surface area contributed by atoms with Crippen LogP contribution < -0.4 is 0 Å². The molecular formula is C12H14O. The van der Waals surface area contributed by atoms with Gasteiger partial charge < -0.3 is 5.11 Å². The topological polar surface area (TPSA) is 20.2 Å². The zero-order valence-corrected chi connectivity index (χ0v) is 7.66. The van der Waals surface area contributed by atoms with Gasteiger partial charge in [-0.15, -0.1) is 0 Å². The molecule has 0 atom stereocenters. The third kappa shape index (κ3) is 1.40. The molecule has 1 fully saturated rings. The summed E-state index contributed by atoms with van der Waals surface area (Å²) in [5.41, 5.74) is 1.62. The Bertz CT molecular complexity index is 306. The standard InChI is InChI=1S/C12H14O/c1-2-10-4-6-11(7-5-10)12(13)8-3-9-12/h2,4-7,13H,1,3,8-9H2. The molecule has 0 unspecified atom stereocenters. The van der Waals surface area contributed by atoms with Crippen molar-refractivity contribution in [2.24, 2.45) is 0 Å². The largest absolute Gasteiger partial charge is 0.385 e. The Morgan fingerprint density at radius 1 is 1.23 bits per heavy atom. The second kappa shape index (κ2) is 3.00. The molecule has 1 saturated carbocycles. The van der Waals surface area contributed by atoms with Crippen molar-refractivity contribution in [1.82, 2.24) is 0 Å². The van der Waals surface area contributed by atoms with Gasteiger partial charge in [0.15, 0.2) is 0 Å². The summed E-state index contributed by atoms with van der Waals surface area (Å²) in [6, 6.07) is 7.99. The average Bonchev–Trinajstić information content (AvgIpc) is 2.14. The Morgan fingerprint density at radius 2 is 1.85 bits per heavy atom. The van der Waals surface area contributed by atoms with Gasteiger partial charge in [0.2, 0.25) is 0 Å². The molecule has 1 aromatic rings. The Hall–Kier alpha value is -1.08. The summed E-state index contributed by atoms with van der Waals surface area (Å²) in [4.78, 5) is 0. The predicted octanol–water partition coefficient (Wildman–Crippen LogP) is 2.70. The van der Waals surface area contributed by atoms with Crippen LogP contribution in [0.1, 0.15) is 30.4 Å². The predicted molar refractivity (Wildman–Crippen MR) is 54.3 cm³/mol. The molecule has 0 aliphatic heterocycles. The van der Waals surface area contributed by atoms with Crippen molar-refractivity contribution in [2.75, 3.05) is 0 Å². The van der Waals surface area contributed by atoms with Gasteiger partial charge in [0.1, 0.15) is 0 Å².